The van der Waals surface area contributed by atoms with Gasteiger partial charge < -0.3 is 10.6 Å². The predicted molar refractivity (Wildman–Crippen MR) is 104 cm³/mol. The fourth-order valence-electron chi connectivity index (χ4n) is 1.86. The van der Waals surface area contributed by atoms with E-state index in [2.05, 4.69) is 41.8 Å². The summed E-state index contributed by atoms with van der Waals surface area (Å²) in [6, 6.07) is 12.5. The third-order valence-corrected chi connectivity index (χ3v) is 4.68. The molecule has 0 aromatic heterocycles. The Kier molecular flexibility index (Phi) is 6.84. The molecule has 0 aliphatic heterocycles. The van der Waals surface area contributed by atoms with Crippen molar-refractivity contribution in [2.45, 2.75) is 11.8 Å². The number of benzene rings is 2. The Bertz CT molecular complexity index is 739. The monoisotopic (exact) mass is 381 g/mol. The maximum Gasteiger partial charge on any atom is 0.271 e. The Balaban J connectivity index is 1.80. The minimum Gasteiger partial charge on any atom is -0.362 e. The Hall–Kier alpha value is -1.83. The van der Waals surface area contributed by atoms with E-state index in [4.69, 9.17) is 23.8 Å². The molecule has 0 unspecified atom stereocenters. The summed E-state index contributed by atoms with van der Waals surface area (Å²) in [5.41, 5.74) is 1.60. The molecule has 2 aromatic carbocycles. The Labute approximate surface area is 154 Å². The molecule has 0 fully saturated rings. The zero-order chi connectivity index (χ0) is 17.5. The fourth-order valence-corrected chi connectivity index (χ4v) is 3.00. The van der Waals surface area contributed by atoms with Gasteiger partial charge in [-0.2, -0.15) is 0 Å². The molecule has 2 N–H and O–H groups in total. The first kappa shape index (κ1) is 18.5. The van der Waals surface area contributed by atoms with Crippen molar-refractivity contribution in [1.29, 1.82) is 0 Å². The third kappa shape index (κ3) is 5.67. The molecule has 0 aliphatic rings. The van der Waals surface area contributed by atoms with Gasteiger partial charge >= 0.3 is 0 Å². The van der Waals surface area contributed by atoms with Gasteiger partial charge in [0.15, 0.2) is 5.11 Å². The van der Waals surface area contributed by atoms with Gasteiger partial charge in [-0.1, -0.05) is 29.3 Å². The summed E-state index contributed by atoms with van der Waals surface area (Å²) in [4.78, 5) is 11.5. The van der Waals surface area contributed by atoms with E-state index in [1.165, 1.54) is 28.7 Å². The van der Waals surface area contributed by atoms with Gasteiger partial charge in [-0.15, -0.1) is 11.8 Å². The van der Waals surface area contributed by atoms with Crippen molar-refractivity contribution in [1.82, 2.24) is 5.32 Å². The second kappa shape index (κ2) is 8.86. The van der Waals surface area contributed by atoms with E-state index in [0.29, 0.717) is 22.4 Å². The second-order valence-corrected chi connectivity index (χ2v) is 6.95. The van der Waals surface area contributed by atoms with Crippen LogP contribution in [0, 0.1) is 17.0 Å². The molecule has 0 spiro atoms. The van der Waals surface area contributed by atoms with Crippen LogP contribution in [0.3, 0.4) is 0 Å². The summed E-state index contributed by atoms with van der Waals surface area (Å²) in [5.74, 6) is 0.841. The van der Waals surface area contributed by atoms with Gasteiger partial charge in [0.25, 0.3) is 5.69 Å². The zero-order valence-corrected chi connectivity index (χ0v) is 15.3. The number of aryl methyl sites for hydroxylation is 1. The first-order valence-electron chi connectivity index (χ1n) is 7.14. The average Bonchev–Trinajstić information content (AvgIpc) is 2.55. The number of halogens is 1. The van der Waals surface area contributed by atoms with E-state index < -0.39 is 4.92 Å². The molecule has 0 amide bonds. The van der Waals surface area contributed by atoms with Gasteiger partial charge in [-0.05, 0) is 37.3 Å². The number of hydrogen-bond donors (Lipinski definition) is 2. The Morgan fingerprint density at radius 2 is 2.00 bits per heavy atom. The summed E-state index contributed by atoms with van der Waals surface area (Å²) in [5, 5.41) is 17.5. The lowest BCUT2D eigenvalue weighted by atomic mass is 10.2. The summed E-state index contributed by atoms with van der Waals surface area (Å²) in [6.07, 6.45) is 0. The van der Waals surface area contributed by atoms with Crippen LogP contribution in [0.4, 0.5) is 11.4 Å². The van der Waals surface area contributed by atoms with Crippen molar-refractivity contribution >= 4 is 52.1 Å². The average molecular weight is 382 g/mol. The van der Waals surface area contributed by atoms with Crippen LogP contribution in [0.5, 0.6) is 0 Å². The molecule has 0 aliphatic carbocycles. The summed E-state index contributed by atoms with van der Waals surface area (Å²) in [6.45, 7) is 2.72. The highest BCUT2D eigenvalue weighted by atomic mass is 35.5. The molecule has 0 saturated heterocycles. The summed E-state index contributed by atoms with van der Waals surface area (Å²) in [7, 11) is 0. The highest BCUT2D eigenvalue weighted by Crippen LogP contribution is 2.26. The molecule has 0 radical (unpaired) electrons. The number of nitrogens with one attached hydrogen (secondary N) is 2. The van der Waals surface area contributed by atoms with Crippen molar-refractivity contribution in [2.75, 3.05) is 17.6 Å². The first-order chi connectivity index (χ1) is 11.5. The van der Waals surface area contributed by atoms with Gasteiger partial charge in [-0.3, -0.25) is 10.1 Å². The van der Waals surface area contributed by atoms with E-state index in [1.807, 2.05) is 0 Å². The predicted octanol–water partition coefficient (Wildman–Crippen LogP) is 4.64. The lowest BCUT2D eigenvalue weighted by Gasteiger charge is -2.11. The molecule has 2 rings (SSSR count). The normalized spacial score (nSPS) is 10.2. The molecule has 2 aromatic rings. The molecule has 0 heterocycles. The minimum absolute atomic E-state index is 0.0420. The summed E-state index contributed by atoms with van der Waals surface area (Å²) >= 11 is 12.9. The minimum atomic E-state index is -0.476. The topological polar surface area (TPSA) is 67.2 Å². The van der Waals surface area contributed by atoms with Crippen LogP contribution in [-0.2, 0) is 0 Å². The van der Waals surface area contributed by atoms with Crippen molar-refractivity contribution in [3.63, 3.8) is 0 Å². The fraction of sp³-hybridized carbons (Fsp3) is 0.188. The van der Waals surface area contributed by atoms with Gasteiger partial charge in [-0.25, -0.2) is 0 Å². The standard InChI is InChI=1S/C16H16ClN3O2S2/c1-11-2-5-13(6-3-11)24-9-8-18-16(23)19-15-10-12(20(21)22)4-7-14(15)17/h2-7,10H,8-9H2,1H3,(H2,18,19,23). The first-order valence-corrected chi connectivity index (χ1v) is 8.91. The maximum atomic E-state index is 10.8. The van der Waals surface area contributed by atoms with Crippen LogP contribution in [0.25, 0.3) is 0 Å². The maximum absolute atomic E-state index is 10.8. The number of nitrogens with zero attached hydrogens (tertiary/aromatic N) is 1. The largest absolute Gasteiger partial charge is 0.362 e. The lowest BCUT2D eigenvalue weighted by Crippen LogP contribution is -2.30. The van der Waals surface area contributed by atoms with Gasteiger partial charge in [0.2, 0.25) is 0 Å². The van der Waals surface area contributed by atoms with Crippen LogP contribution >= 0.6 is 35.6 Å². The van der Waals surface area contributed by atoms with Crippen LogP contribution in [0.1, 0.15) is 5.56 Å². The van der Waals surface area contributed by atoms with E-state index in [-0.39, 0.29) is 5.69 Å². The molecular weight excluding hydrogens is 366 g/mol. The van der Waals surface area contributed by atoms with E-state index in [0.717, 1.165) is 5.75 Å². The molecule has 24 heavy (non-hydrogen) atoms. The second-order valence-electron chi connectivity index (χ2n) is 4.96. The quantitative estimate of drug-likeness (QED) is 0.250. The SMILES string of the molecule is Cc1ccc(SCCNC(=S)Nc2cc([N+](=O)[O-])ccc2Cl)cc1. The smallest absolute Gasteiger partial charge is 0.271 e. The van der Waals surface area contributed by atoms with Gasteiger partial charge in [0.05, 0.1) is 15.6 Å². The Morgan fingerprint density at radius 1 is 1.29 bits per heavy atom. The number of anilines is 1. The Morgan fingerprint density at radius 3 is 2.67 bits per heavy atom. The number of nitro benzene ring substituents is 1. The molecule has 0 atom stereocenters. The van der Waals surface area contributed by atoms with Crippen LogP contribution in [0.2, 0.25) is 5.02 Å². The van der Waals surface area contributed by atoms with Gasteiger partial charge in [0, 0.05) is 29.3 Å². The molecule has 126 valence electrons. The summed E-state index contributed by atoms with van der Waals surface area (Å²) < 4.78 is 0. The van der Waals surface area contributed by atoms with E-state index >= 15 is 0 Å². The highest BCUT2D eigenvalue weighted by molar-refractivity contribution is 7.99. The number of hydrogen-bond acceptors (Lipinski definition) is 4. The van der Waals surface area contributed by atoms with Crippen molar-refractivity contribution in [3.8, 4) is 0 Å². The van der Waals surface area contributed by atoms with Crippen molar-refractivity contribution in [2.24, 2.45) is 0 Å². The van der Waals surface area contributed by atoms with Crippen molar-refractivity contribution < 1.29 is 4.92 Å². The van der Waals surface area contributed by atoms with Crippen LogP contribution in [0.15, 0.2) is 47.4 Å². The van der Waals surface area contributed by atoms with Crippen molar-refractivity contribution in [3.05, 3.63) is 63.2 Å². The third-order valence-electron chi connectivity index (χ3n) is 3.09. The highest BCUT2D eigenvalue weighted by Gasteiger charge is 2.10. The number of thioether (sulfide) groups is 1. The molecule has 0 saturated carbocycles. The molecule has 5 nitrogen and oxygen atoms in total. The molecular formula is C16H16ClN3O2S2. The number of nitro groups is 1. The van der Waals surface area contributed by atoms with Crippen LogP contribution in [-0.4, -0.2) is 22.3 Å². The zero-order valence-electron chi connectivity index (χ0n) is 12.9. The molecule has 0 bridgehead atoms. The number of rotatable bonds is 6. The lowest BCUT2D eigenvalue weighted by molar-refractivity contribution is -0.384. The van der Waals surface area contributed by atoms with E-state index in [9.17, 15) is 10.1 Å². The van der Waals surface area contributed by atoms with Gasteiger partial charge in [0.1, 0.15) is 0 Å². The number of non-ortho nitro benzene ring substituents is 1. The van der Waals surface area contributed by atoms with E-state index in [1.54, 1.807) is 11.8 Å². The number of thiocarbonyl (C=S) groups is 1. The molecule has 8 heteroatoms. The van der Waals surface area contributed by atoms with Crippen LogP contribution < -0.4 is 10.6 Å².